The highest BCUT2D eigenvalue weighted by atomic mass is 31.2. The van der Waals surface area contributed by atoms with E-state index in [0.29, 0.717) is 13.2 Å². The molecule has 3 heteroatoms. The lowest BCUT2D eigenvalue weighted by Gasteiger charge is -2.35. The monoisotopic (exact) mass is 192 g/mol. The van der Waals surface area contributed by atoms with Crippen LogP contribution in [0, 0.1) is 0 Å². The molecule has 0 radical (unpaired) electrons. The Balaban J connectivity index is 4.51. The molecule has 2 nitrogen and oxygen atoms in total. The van der Waals surface area contributed by atoms with Gasteiger partial charge in [-0.2, -0.15) is 0 Å². The molecule has 0 spiro atoms. The van der Waals surface area contributed by atoms with Crippen molar-refractivity contribution in [1.29, 1.82) is 0 Å². The zero-order valence-corrected chi connectivity index (χ0v) is 9.78. The molecule has 0 aliphatic rings. The van der Waals surface area contributed by atoms with Crippen LogP contribution in [-0.4, -0.2) is 24.7 Å². The lowest BCUT2D eigenvalue weighted by Crippen LogP contribution is -2.19. The molecule has 0 rings (SSSR count). The summed E-state index contributed by atoms with van der Waals surface area (Å²) in [6.07, 6.45) is 4.09. The fourth-order valence-corrected chi connectivity index (χ4v) is 2.52. The first-order valence-corrected chi connectivity index (χ1v) is 6.21. The summed E-state index contributed by atoms with van der Waals surface area (Å²) in [5.74, 6) is 0. The van der Waals surface area contributed by atoms with E-state index in [0.717, 1.165) is 0 Å². The van der Waals surface area contributed by atoms with Crippen LogP contribution >= 0.6 is 7.34 Å². The Morgan fingerprint density at radius 3 is 1.58 bits per heavy atom. The molecule has 0 heterocycles. The average molecular weight is 192 g/mol. The summed E-state index contributed by atoms with van der Waals surface area (Å²) in [6.45, 7) is 11.6. The molecule has 0 N–H and O–H groups in total. The second-order valence-corrected chi connectivity index (χ2v) is 6.88. The van der Waals surface area contributed by atoms with Gasteiger partial charge in [-0.25, -0.2) is 0 Å². The fourth-order valence-electron chi connectivity index (χ4n) is 0.842. The SMILES string of the molecule is C=P(OCC)(OCC)C(C)(C)C. The van der Waals surface area contributed by atoms with E-state index in [1.165, 1.54) is 0 Å². The third kappa shape index (κ3) is 2.93. The maximum Gasteiger partial charge on any atom is 0.122 e. The molecule has 0 aromatic rings. The van der Waals surface area contributed by atoms with Gasteiger partial charge in [0.05, 0.1) is 13.2 Å². The van der Waals surface area contributed by atoms with Crippen LogP contribution in [0.4, 0.5) is 0 Å². The van der Waals surface area contributed by atoms with Crippen LogP contribution in [-0.2, 0) is 9.05 Å². The van der Waals surface area contributed by atoms with E-state index in [2.05, 4.69) is 27.1 Å². The third-order valence-corrected chi connectivity index (χ3v) is 5.09. The van der Waals surface area contributed by atoms with Crippen molar-refractivity contribution in [2.75, 3.05) is 13.2 Å². The quantitative estimate of drug-likeness (QED) is 0.637. The van der Waals surface area contributed by atoms with Crippen molar-refractivity contribution in [1.82, 2.24) is 0 Å². The smallest absolute Gasteiger partial charge is 0.122 e. The minimum absolute atomic E-state index is 0.0129. The van der Waals surface area contributed by atoms with Crippen LogP contribution in [0.15, 0.2) is 0 Å². The Labute approximate surface area is 76.4 Å². The van der Waals surface area contributed by atoms with Gasteiger partial charge >= 0.3 is 0 Å². The molecule has 74 valence electrons. The van der Waals surface area contributed by atoms with Gasteiger partial charge in [-0.3, -0.25) is 0 Å². The van der Waals surface area contributed by atoms with Gasteiger partial charge in [0, 0.05) is 5.16 Å². The van der Waals surface area contributed by atoms with Crippen molar-refractivity contribution in [3.63, 3.8) is 0 Å². The van der Waals surface area contributed by atoms with Crippen LogP contribution in [0.25, 0.3) is 0 Å². The summed E-state index contributed by atoms with van der Waals surface area (Å²) >= 11 is 0. The van der Waals surface area contributed by atoms with E-state index >= 15 is 0 Å². The molecule has 0 unspecified atom stereocenters. The largest absolute Gasteiger partial charge is 0.337 e. The summed E-state index contributed by atoms with van der Waals surface area (Å²) in [4.78, 5) is 0. The van der Waals surface area contributed by atoms with Crippen molar-refractivity contribution in [3.05, 3.63) is 0 Å². The molecule has 0 saturated carbocycles. The highest BCUT2D eigenvalue weighted by Gasteiger charge is 2.30. The van der Waals surface area contributed by atoms with Gasteiger partial charge in [0.2, 0.25) is 0 Å². The Kier molecular flexibility index (Phi) is 4.54. The highest BCUT2D eigenvalue weighted by molar-refractivity contribution is 7.65. The molecule has 0 atom stereocenters. The number of hydrogen-bond donors (Lipinski definition) is 0. The van der Waals surface area contributed by atoms with Crippen LogP contribution in [0.3, 0.4) is 0 Å². The standard InChI is InChI=1S/C9H21O2P/c1-7-10-12(6,11-8-2)9(3,4)5/h6-8H2,1-5H3. The summed E-state index contributed by atoms with van der Waals surface area (Å²) in [5, 5.41) is 0.0129. The Morgan fingerprint density at radius 2 is 1.42 bits per heavy atom. The van der Waals surface area contributed by atoms with E-state index in [4.69, 9.17) is 9.05 Å². The molecule has 0 aromatic heterocycles. The average Bonchev–Trinajstić information content (AvgIpc) is 1.86. The molecule has 12 heavy (non-hydrogen) atoms. The Bertz CT molecular complexity index is 160. The lowest BCUT2D eigenvalue weighted by molar-refractivity contribution is 0.250. The van der Waals surface area contributed by atoms with E-state index in [9.17, 15) is 0 Å². The molecule has 0 aliphatic heterocycles. The maximum atomic E-state index is 5.61. The topological polar surface area (TPSA) is 18.5 Å². The van der Waals surface area contributed by atoms with Crippen molar-refractivity contribution in [2.24, 2.45) is 0 Å². The molecule has 0 aliphatic carbocycles. The predicted octanol–water partition coefficient (Wildman–Crippen LogP) is 3.14. The van der Waals surface area contributed by atoms with Crippen LogP contribution in [0.1, 0.15) is 34.6 Å². The molecule has 0 amide bonds. The van der Waals surface area contributed by atoms with E-state index in [-0.39, 0.29) is 5.16 Å². The molecular weight excluding hydrogens is 171 g/mol. The van der Waals surface area contributed by atoms with Crippen LogP contribution in [0.2, 0.25) is 0 Å². The second kappa shape index (κ2) is 4.45. The van der Waals surface area contributed by atoms with Crippen molar-refractivity contribution < 1.29 is 9.05 Å². The number of hydrogen-bond acceptors (Lipinski definition) is 2. The highest BCUT2D eigenvalue weighted by Crippen LogP contribution is 2.58. The number of rotatable bonds is 4. The maximum absolute atomic E-state index is 5.61. The second-order valence-electron chi connectivity index (χ2n) is 3.68. The summed E-state index contributed by atoms with van der Waals surface area (Å²) in [6, 6.07) is 0. The summed E-state index contributed by atoms with van der Waals surface area (Å²) in [5.41, 5.74) is 0. The van der Waals surface area contributed by atoms with Crippen LogP contribution in [0.5, 0.6) is 0 Å². The van der Waals surface area contributed by atoms with E-state index < -0.39 is 7.34 Å². The van der Waals surface area contributed by atoms with Crippen molar-refractivity contribution in [2.45, 2.75) is 39.8 Å². The van der Waals surface area contributed by atoms with Gasteiger partial charge in [0.1, 0.15) is 7.34 Å². The Hall–Kier alpha value is 0.220. The summed E-state index contributed by atoms with van der Waals surface area (Å²) < 4.78 is 11.2. The van der Waals surface area contributed by atoms with E-state index in [1.807, 2.05) is 13.8 Å². The molecule has 0 saturated heterocycles. The van der Waals surface area contributed by atoms with Gasteiger partial charge in [0.25, 0.3) is 0 Å². The Morgan fingerprint density at radius 1 is 1.08 bits per heavy atom. The molecule has 0 aromatic carbocycles. The van der Waals surface area contributed by atoms with Gasteiger partial charge < -0.3 is 9.05 Å². The first kappa shape index (κ1) is 12.2. The van der Waals surface area contributed by atoms with Gasteiger partial charge in [-0.1, -0.05) is 27.1 Å². The van der Waals surface area contributed by atoms with Gasteiger partial charge in [-0.15, -0.1) is 0 Å². The van der Waals surface area contributed by atoms with Crippen molar-refractivity contribution >= 4 is 13.6 Å². The van der Waals surface area contributed by atoms with Gasteiger partial charge in [-0.05, 0) is 13.8 Å². The summed E-state index contributed by atoms with van der Waals surface area (Å²) in [7, 11) is -1.90. The zero-order valence-electron chi connectivity index (χ0n) is 8.89. The first-order chi connectivity index (χ1) is 5.37. The predicted molar refractivity (Wildman–Crippen MR) is 57.0 cm³/mol. The zero-order chi connectivity index (χ0) is 9.83. The van der Waals surface area contributed by atoms with Gasteiger partial charge in [0.15, 0.2) is 0 Å². The fraction of sp³-hybridized carbons (Fsp3) is 0.889. The molecule has 0 bridgehead atoms. The minimum Gasteiger partial charge on any atom is -0.337 e. The third-order valence-electron chi connectivity index (χ3n) is 1.70. The minimum atomic E-state index is -1.90. The van der Waals surface area contributed by atoms with E-state index in [1.54, 1.807) is 0 Å². The lowest BCUT2D eigenvalue weighted by atomic mass is 10.3. The first-order valence-electron chi connectivity index (χ1n) is 4.40. The van der Waals surface area contributed by atoms with Crippen LogP contribution < -0.4 is 0 Å². The molecular formula is C9H21O2P. The van der Waals surface area contributed by atoms with Crippen molar-refractivity contribution in [3.8, 4) is 0 Å². The molecule has 0 fully saturated rings. The normalized spacial score (nSPS) is 13.4.